The molecule has 2 N–H and O–H groups in total. The minimum Gasteiger partial charge on any atom is -0.501 e. The molecule has 1 fully saturated rings. The summed E-state index contributed by atoms with van der Waals surface area (Å²) in [4.78, 5) is 20.3. The largest absolute Gasteiger partial charge is 0.501 e. The number of ether oxygens (including phenoxy) is 1. The SMILES string of the molecule is [C-]#[N+]c1c(OC2CC2)cc(C)c(F)c1-c1c(-c2ccc3c(c2)C(CN)=NCC3=O)cnn1C. The average Bonchev–Trinajstić information content (AvgIpc) is 3.55. The zero-order valence-electron chi connectivity index (χ0n) is 18.4. The van der Waals surface area contributed by atoms with Crippen LogP contribution in [0.3, 0.4) is 0 Å². The summed E-state index contributed by atoms with van der Waals surface area (Å²) in [7, 11) is 1.71. The summed E-state index contributed by atoms with van der Waals surface area (Å²) < 4.78 is 23.0. The third kappa shape index (κ3) is 3.51. The molecule has 1 aliphatic heterocycles. The fourth-order valence-electron chi connectivity index (χ4n) is 4.19. The van der Waals surface area contributed by atoms with Gasteiger partial charge in [0.1, 0.15) is 18.1 Å². The summed E-state index contributed by atoms with van der Waals surface area (Å²) in [5.41, 5.74) is 10.3. The lowest BCUT2D eigenvalue weighted by molar-refractivity contribution is 0.1000. The van der Waals surface area contributed by atoms with Gasteiger partial charge in [0.05, 0.1) is 30.3 Å². The van der Waals surface area contributed by atoms with Crippen LogP contribution in [0.2, 0.25) is 0 Å². The van der Waals surface area contributed by atoms with Crippen molar-refractivity contribution in [3.63, 3.8) is 0 Å². The first kappa shape index (κ1) is 21.0. The quantitative estimate of drug-likeness (QED) is 0.598. The van der Waals surface area contributed by atoms with Crippen LogP contribution in [0.5, 0.6) is 5.75 Å². The maximum atomic E-state index is 15.5. The van der Waals surface area contributed by atoms with Gasteiger partial charge in [-0.15, -0.1) is 0 Å². The van der Waals surface area contributed by atoms with Gasteiger partial charge in [0, 0.05) is 35.8 Å². The van der Waals surface area contributed by atoms with E-state index >= 15 is 4.39 Å². The molecule has 0 atom stereocenters. The molecule has 1 aliphatic carbocycles. The smallest absolute Gasteiger partial charge is 0.240 e. The van der Waals surface area contributed by atoms with Gasteiger partial charge in [0.15, 0.2) is 5.78 Å². The number of aliphatic imine (C=N–C) groups is 1. The average molecular weight is 443 g/mol. The highest BCUT2D eigenvalue weighted by Gasteiger charge is 2.30. The van der Waals surface area contributed by atoms with Gasteiger partial charge in [-0.1, -0.05) is 12.1 Å². The van der Waals surface area contributed by atoms with Gasteiger partial charge in [-0.3, -0.25) is 14.5 Å². The second-order valence-corrected chi connectivity index (χ2v) is 8.34. The number of Topliss-reactive ketones (excluding diaryl/α,β-unsaturated/α-hetero) is 1. The number of hydrogen-bond acceptors (Lipinski definition) is 5. The molecule has 0 bridgehead atoms. The van der Waals surface area contributed by atoms with E-state index in [1.165, 1.54) is 0 Å². The van der Waals surface area contributed by atoms with Crippen LogP contribution >= 0.6 is 0 Å². The molecular formula is C25H22FN5O2. The molecule has 33 heavy (non-hydrogen) atoms. The summed E-state index contributed by atoms with van der Waals surface area (Å²) in [6.45, 7) is 9.74. The second-order valence-electron chi connectivity index (χ2n) is 8.34. The number of nitrogens with zero attached hydrogens (tertiary/aromatic N) is 4. The highest BCUT2D eigenvalue weighted by atomic mass is 19.1. The molecule has 3 aromatic rings. The Labute approximate surface area is 190 Å². The predicted molar refractivity (Wildman–Crippen MR) is 123 cm³/mol. The molecule has 7 nitrogen and oxygen atoms in total. The maximum absolute atomic E-state index is 15.5. The summed E-state index contributed by atoms with van der Waals surface area (Å²) >= 11 is 0. The Balaban J connectivity index is 1.72. The van der Waals surface area contributed by atoms with Gasteiger partial charge in [0.25, 0.3) is 0 Å². The van der Waals surface area contributed by atoms with Crippen molar-refractivity contribution >= 4 is 17.2 Å². The van der Waals surface area contributed by atoms with Gasteiger partial charge >= 0.3 is 0 Å². The number of aromatic nitrogens is 2. The van der Waals surface area contributed by atoms with Crippen LogP contribution in [0.1, 0.15) is 34.3 Å². The topological polar surface area (TPSA) is 86.9 Å². The van der Waals surface area contributed by atoms with Crippen molar-refractivity contribution < 1.29 is 13.9 Å². The number of fused-ring (bicyclic) bond motifs is 1. The summed E-state index contributed by atoms with van der Waals surface area (Å²) in [5.74, 6) is -0.157. The minimum absolute atomic E-state index is 0.0675. The molecule has 1 aromatic heterocycles. The fourth-order valence-corrected chi connectivity index (χ4v) is 4.19. The number of hydrogen-bond donors (Lipinski definition) is 1. The Morgan fingerprint density at radius 2 is 2.06 bits per heavy atom. The van der Waals surface area contributed by atoms with Crippen molar-refractivity contribution in [2.75, 3.05) is 13.1 Å². The Kier molecular flexibility index (Phi) is 5.06. The maximum Gasteiger partial charge on any atom is 0.240 e. The molecule has 0 saturated heterocycles. The molecule has 8 heteroatoms. The van der Waals surface area contributed by atoms with Crippen LogP contribution in [0, 0.1) is 19.3 Å². The van der Waals surface area contributed by atoms with Crippen molar-refractivity contribution in [1.29, 1.82) is 0 Å². The van der Waals surface area contributed by atoms with E-state index in [0.717, 1.165) is 18.4 Å². The first-order valence-electron chi connectivity index (χ1n) is 10.7. The van der Waals surface area contributed by atoms with Crippen molar-refractivity contribution in [2.45, 2.75) is 25.9 Å². The molecule has 166 valence electrons. The van der Waals surface area contributed by atoms with Crippen LogP contribution < -0.4 is 10.5 Å². The molecule has 2 heterocycles. The van der Waals surface area contributed by atoms with Crippen molar-refractivity contribution in [3.8, 4) is 28.1 Å². The number of aryl methyl sites for hydroxylation is 2. The number of carbonyl (C=O) groups excluding carboxylic acids is 1. The first-order chi connectivity index (χ1) is 15.9. The van der Waals surface area contributed by atoms with Crippen molar-refractivity contribution in [3.05, 3.63) is 64.4 Å². The Morgan fingerprint density at radius 3 is 2.76 bits per heavy atom. The van der Waals surface area contributed by atoms with E-state index in [1.54, 1.807) is 37.0 Å². The van der Waals surface area contributed by atoms with Crippen molar-refractivity contribution in [1.82, 2.24) is 9.78 Å². The minimum atomic E-state index is -0.480. The number of halogens is 1. The Morgan fingerprint density at radius 1 is 1.27 bits per heavy atom. The number of ketones is 1. The van der Waals surface area contributed by atoms with E-state index in [1.807, 2.05) is 12.1 Å². The van der Waals surface area contributed by atoms with E-state index in [0.29, 0.717) is 39.4 Å². The van der Waals surface area contributed by atoms with Gasteiger partial charge in [0.2, 0.25) is 5.69 Å². The molecule has 5 rings (SSSR count). The number of benzene rings is 2. The van der Waals surface area contributed by atoms with E-state index in [2.05, 4.69) is 14.9 Å². The summed E-state index contributed by atoms with van der Waals surface area (Å²) in [5, 5.41) is 4.37. The van der Waals surface area contributed by atoms with Gasteiger partial charge in [-0.2, -0.15) is 5.10 Å². The summed E-state index contributed by atoms with van der Waals surface area (Å²) in [6, 6.07) is 6.99. The summed E-state index contributed by atoms with van der Waals surface area (Å²) in [6.07, 6.45) is 3.57. The van der Waals surface area contributed by atoms with Crippen LogP contribution in [0.25, 0.3) is 27.2 Å². The zero-order valence-corrected chi connectivity index (χ0v) is 18.4. The van der Waals surface area contributed by atoms with Gasteiger partial charge < -0.3 is 10.5 Å². The Hall–Kier alpha value is -3.83. The molecule has 2 aliphatic rings. The molecule has 2 aromatic carbocycles. The van der Waals surface area contributed by atoms with Gasteiger partial charge in [-0.05, 0) is 43.0 Å². The number of rotatable bonds is 5. The van der Waals surface area contributed by atoms with Crippen molar-refractivity contribution in [2.24, 2.45) is 17.8 Å². The van der Waals surface area contributed by atoms with E-state index in [9.17, 15) is 4.79 Å². The molecule has 0 unspecified atom stereocenters. The highest BCUT2D eigenvalue weighted by molar-refractivity contribution is 6.16. The highest BCUT2D eigenvalue weighted by Crippen LogP contribution is 2.46. The van der Waals surface area contributed by atoms with Crippen LogP contribution in [-0.4, -0.2) is 40.5 Å². The standard InChI is InChI=1S/C25H22FN5O2/c1-13-8-21(33-15-5-6-15)24(28-2)22(23(13)26)25-18(11-30-31(25)3)14-4-7-16-17(9-14)19(10-27)29-12-20(16)32/h4,7-9,11,15H,5-6,10,12,27H2,1,3H3. The number of carbonyl (C=O) groups is 1. The van der Waals surface area contributed by atoms with Gasteiger partial charge in [-0.25, -0.2) is 9.24 Å². The van der Waals surface area contributed by atoms with Crippen LogP contribution in [0.4, 0.5) is 10.1 Å². The first-order valence-corrected chi connectivity index (χ1v) is 10.7. The Bertz CT molecular complexity index is 1380. The van der Waals surface area contributed by atoms with E-state index < -0.39 is 5.82 Å². The van der Waals surface area contributed by atoms with E-state index in [-0.39, 0.29) is 36.2 Å². The fraction of sp³-hybridized carbons (Fsp3) is 0.280. The number of nitrogens with two attached hydrogens (primary N) is 1. The van der Waals surface area contributed by atoms with E-state index in [4.69, 9.17) is 17.0 Å². The second kappa shape index (κ2) is 7.94. The lowest BCUT2D eigenvalue weighted by Crippen LogP contribution is -2.24. The van der Waals surface area contributed by atoms with Crippen LogP contribution in [-0.2, 0) is 7.05 Å². The monoisotopic (exact) mass is 443 g/mol. The third-order valence-electron chi connectivity index (χ3n) is 6.04. The molecule has 0 amide bonds. The molecule has 1 saturated carbocycles. The lowest BCUT2D eigenvalue weighted by atomic mass is 9.91. The molecule has 0 spiro atoms. The normalized spacial score (nSPS) is 15.1. The lowest BCUT2D eigenvalue weighted by Gasteiger charge is -2.18. The third-order valence-corrected chi connectivity index (χ3v) is 6.04. The molecular weight excluding hydrogens is 421 g/mol. The van der Waals surface area contributed by atoms with Crippen LogP contribution in [0.15, 0.2) is 35.5 Å². The predicted octanol–water partition coefficient (Wildman–Crippen LogP) is 4.24. The zero-order chi connectivity index (χ0) is 23.3. The molecule has 0 radical (unpaired) electrons.